The van der Waals surface area contributed by atoms with Crippen LogP contribution in [-0.4, -0.2) is 40.8 Å². The third-order valence-corrected chi connectivity index (χ3v) is 4.96. The minimum atomic E-state index is -0.555. The predicted octanol–water partition coefficient (Wildman–Crippen LogP) is 2.04. The van der Waals surface area contributed by atoms with Crippen molar-refractivity contribution in [3.05, 3.63) is 22.8 Å². The molecule has 1 saturated carbocycles. The Morgan fingerprint density at radius 2 is 2.04 bits per heavy atom. The highest BCUT2D eigenvalue weighted by Gasteiger charge is 2.32. The number of primary amides is 1. The quantitative estimate of drug-likeness (QED) is 0.880. The Kier molecular flexibility index (Phi) is 4.71. The zero-order chi connectivity index (χ0) is 16.4. The fraction of sp³-hybridized carbons (Fsp3) is 0.562. The summed E-state index contributed by atoms with van der Waals surface area (Å²) in [6.07, 6.45) is 6.65. The lowest BCUT2D eigenvalue weighted by Crippen LogP contribution is -2.35. The first-order valence-corrected chi connectivity index (χ1v) is 8.43. The summed E-state index contributed by atoms with van der Waals surface area (Å²) in [5.74, 6) is 0.470. The maximum absolute atomic E-state index is 12.4. The molecule has 0 bridgehead atoms. The second-order valence-corrected chi connectivity index (χ2v) is 6.72. The van der Waals surface area contributed by atoms with Gasteiger partial charge in [-0.3, -0.25) is 9.59 Å². The van der Waals surface area contributed by atoms with Crippen LogP contribution in [0.2, 0.25) is 5.02 Å². The van der Waals surface area contributed by atoms with Gasteiger partial charge in [0.25, 0.3) is 0 Å². The number of halogens is 1. The molecule has 0 spiro atoms. The molecule has 2 amide bonds. The van der Waals surface area contributed by atoms with Crippen LogP contribution in [0.25, 0.3) is 0 Å². The summed E-state index contributed by atoms with van der Waals surface area (Å²) in [5.41, 5.74) is 5.49. The lowest BCUT2D eigenvalue weighted by Gasteiger charge is -2.21. The third kappa shape index (κ3) is 3.58. The molecule has 23 heavy (non-hydrogen) atoms. The van der Waals surface area contributed by atoms with Crippen molar-refractivity contribution in [3.63, 3.8) is 0 Å². The van der Waals surface area contributed by atoms with Crippen LogP contribution in [0.4, 0.5) is 5.82 Å². The third-order valence-electron chi connectivity index (χ3n) is 4.67. The van der Waals surface area contributed by atoms with E-state index < -0.39 is 5.91 Å². The number of anilines is 1. The maximum atomic E-state index is 12.4. The summed E-state index contributed by atoms with van der Waals surface area (Å²) < 4.78 is 0. The molecule has 0 radical (unpaired) electrons. The molecular weight excluding hydrogens is 316 g/mol. The number of hydrogen-bond donors (Lipinski definition) is 2. The Balaban J connectivity index is 1.59. The Bertz CT molecular complexity index is 616. The van der Waals surface area contributed by atoms with Gasteiger partial charge in [-0.15, -0.1) is 0 Å². The number of nitrogens with one attached hydrogen (secondary N) is 1. The SMILES string of the molecule is NC(=O)c1cnc(NC2CCN(C(=O)C3CCCC3)C2)c(Cl)c1. The lowest BCUT2D eigenvalue weighted by molar-refractivity contribution is -0.134. The molecule has 1 unspecified atom stereocenters. The van der Waals surface area contributed by atoms with Gasteiger partial charge >= 0.3 is 0 Å². The first-order valence-electron chi connectivity index (χ1n) is 8.05. The van der Waals surface area contributed by atoms with Gasteiger partial charge in [0.2, 0.25) is 11.8 Å². The predicted molar refractivity (Wildman–Crippen MR) is 88.3 cm³/mol. The fourth-order valence-electron chi connectivity index (χ4n) is 3.38. The molecule has 1 aliphatic heterocycles. The van der Waals surface area contributed by atoms with Crippen LogP contribution in [0.1, 0.15) is 42.5 Å². The highest BCUT2D eigenvalue weighted by atomic mass is 35.5. The smallest absolute Gasteiger partial charge is 0.250 e. The number of carbonyl (C=O) groups is 2. The van der Waals surface area contributed by atoms with Gasteiger partial charge in [-0.1, -0.05) is 24.4 Å². The van der Waals surface area contributed by atoms with E-state index in [1.54, 1.807) is 0 Å². The number of carbonyl (C=O) groups excluding carboxylic acids is 2. The molecule has 1 aromatic rings. The highest BCUT2D eigenvalue weighted by Crippen LogP contribution is 2.29. The molecule has 7 heteroatoms. The number of likely N-dealkylation sites (tertiary alicyclic amines) is 1. The van der Waals surface area contributed by atoms with Crippen molar-refractivity contribution in [2.24, 2.45) is 11.7 Å². The van der Waals surface area contributed by atoms with E-state index in [9.17, 15) is 9.59 Å². The Morgan fingerprint density at radius 3 is 2.70 bits per heavy atom. The van der Waals surface area contributed by atoms with Crippen molar-refractivity contribution < 1.29 is 9.59 Å². The molecule has 2 heterocycles. The second-order valence-electron chi connectivity index (χ2n) is 6.31. The van der Waals surface area contributed by atoms with Gasteiger partial charge in [0.1, 0.15) is 5.82 Å². The average molecular weight is 337 g/mol. The van der Waals surface area contributed by atoms with Gasteiger partial charge in [-0.05, 0) is 25.3 Å². The minimum Gasteiger partial charge on any atom is -0.366 e. The van der Waals surface area contributed by atoms with E-state index in [4.69, 9.17) is 17.3 Å². The number of aromatic nitrogens is 1. The molecule has 6 nitrogen and oxygen atoms in total. The monoisotopic (exact) mass is 336 g/mol. The molecule has 2 aliphatic rings. The highest BCUT2D eigenvalue weighted by molar-refractivity contribution is 6.33. The first kappa shape index (κ1) is 16.1. The summed E-state index contributed by atoms with van der Waals surface area (Å²) in [7, 11) is 0. The second kappa shape index (κ2) is 6.74. The minimum absolute atomic E-state index is 0.129. The van der Waals surface area contributed by atoms with Crippen LogP contribution in [-0.2, 0) is 4.79 Å². The standard InChI is InChI=1S/C16H21ClN4O2/c17-13-7-11(14(18)22)8-19-15(13)20-12-5-6-21(9-12)16(23)10-3-1-2-4-10/h7-8,10,12H,1-6,9H2,(H2,18,22)(H,19,20). The number of nitrogens with two attached hydrogens (primary N) is 1. The van der Waals surface area contributed by atoms with Gasteiger partial charge < -0.3 is 16.0 Å². The van der Waals surface area contributed by atoms with Crippen molar-refractivity contribution in [3.8, 4) is 0 Å². The van der Waals surface area contributed by atoms with Gasteiger partial charge in [0.05, 0.1) is 10.6 Å². The van der Waals surface area contributed by atoms with Crippen molar-refractivity contribution in [1.82, 2.24) is 9.88 Å². The summed E-state index contributed by atoms with van der Waals surface area (Å²) in [6, 6.07) is 1.64. The average Bonchev–Trinajstić information content (AvgIpc) is 3.19. The Labute approximate surface area is 140 Å². The number of pyridine rings is 1. The van der Waals surface area contributed by atoms with E-state index in [1.807, 2.05) is 4.90 Å². The van der Waals surface area contributed by atoms with E-state index >= 15 is 0 Å². The Hall–Kier alpha value is -1.82. The molecule has 124 valence electrons. The zero-order valence-corrected chi connectivity index (χ0v) is 13.7. The maximum Gasteiger partial charge on any atom is 0.250 e. The van der Waals surface area contributed by atoms with Crippen LogP contribution in [0.5, 0.6) is 0 Å². The van der Waals surface area contributed by atoms with Gasteiger partial charge in [-0.25, -0.2) is 4.98 Å². The van der Waals surface area contributed by atoms with E-state index in [0.29, 0.717) is 17.4 Å². The van der Waals surface area contributed by atoms with Crippen molar-refractivity contribution in [2.75, 3.05) is 18.4 Å². The molecule has 1 aromatic heterocycles. The van der Waals surface area contributed by atoms with Crippen LogP contribution in [0.15, 0.2) is 12.3 Å². The van der Waals surface area contributed by atoms with Crippen LogP contribution in [0, 0.1) is 5.92 Å². The summed E-state index contributed by atoms with van der Waals surface area (Å²) in [4.78, 5) is 29.7. The summed E-state index contributed by atoms with van der Waals surface area (Å²) in [5, 5.41) is 3.62. The van der Waals surface area contributed by atoms with E-state index in [2.05, 4.69) is 10.3 Å². The van der Waals surface area contributed by atoms with Gasteiger partial charge in [-0.2, -0.15) is 0 Å². The molecule has 1 atom stereocenters. The summed E-state index contributed by atoms with van der Waals surface area (Å²) >= 11 is 6.14. The topological polar surface area (TPSA) is 88.3 Å². The number of rotatable bonds is 4. The van der Waals surface area contributed by atoms with Gasteiger partial charge in [0, 0.05) is 31.2 Å². The normalized spacial score (nSPS) is 21.6. The summed E-state index contributed by atoms with van der Waals surface area (Å²) in [6.45, 7) is 1.44. The largest absolute Gasteiger partial charge is 0.366 e. The van der Waals surface area contributed by atoms with Crippen LogP contribution in [0.3, 0.4) is 0 Å². The molecule has 0 aromatic carbocycles. The number of hydrogen-bond acceptors (Lipinski definition) is 4. The molecule has 3 N–H and O–H groups in total. The molecular formula is C16H21ClN4O2. The van der Waals surface area contributed by atoms with Crippen molar-refractivity contribution in [1.29, 1.82) is 0 Å². The van der Waals surface area contributed by atoms with Crippen LogP contribution >= 0.6 is 11.6 Å². The lowest BCUT2D eigenvalue weighted by atomic mass is 10.1. The zero-order valence-electron chi connectivity index (χ0n) is 12.9. The van der Waals surface area contributed by atoms with Crippen molar-refractivity contribution in [2.45, 2.75) is 38.1 Å². The van der Waals surface area contributed by atoms with E-state index in [1.165, 1.54) is 12.3 Å². The van der Waals surface area contributed by atoms with Gasteiger partial charge in [0.15, 0.2) is 0 Å². The first-order chi connectivity index (χ1) is 11.0. The number of amides is 2. The number of nitrogens with zero attached hydrogens (tertiary/aromatic N) is 2. The molecule has 1 saturated heterocycles. The van der Waals surface area contributed by atoms with Crippen LogP contribution < -0.4 is 11.1 Å². The fourth-order valence-corrected chi connectivity index (χ4v) is 3.60. The van der Waals surface area contributed by atoms with E-state index in [-0.39, 0.29) is 23.4 Å². The van der Waals surface area contributed by atoms with E-state index in [0.717, 1.165) is 38.6 Å². The molecule has 3 rings (SSSR count). The Morgan fingerprint density at radius 1 is 1.30 bits per heavy atom. The molecule has 2 fully saturated rings. The molecule has 1 aliphatic carbocycles. The van der Waals surface area contributed by atoms with Crippen molar-refractivity contribution >= 4 is 29.2 Å².